The molecule has 1 aliphatic carbocycles. The van der Waals surface area contributed by atoms with E-state index in [0.717, 1.165) is 44.5 Å². The van der Waals surface area contributed by atoms with E-state index in [2.05, 4.69) is 29.1 Å². The third kappa shape index (κ3) is 4.40. The van der Waals surface area contributed by atoms with Crippen molar-refractivity contribution in [1.29, 1.82) is 0 Å². The van der Waals surface area contributed by atoms with E-state index in [-0.39, 0.29) is 11.0 Å². The van der Waals surface area contributed by atoms with Gasteiger partial charge in [-0.05, 0) is 69.5 Å². The van der Waals surface area contributed by atoms with E-state index in [9.17, 15) is 0 Å². The van der Waals surface area contributed by atoms with Crippen LogP contribution in [0.5, 0.6) is 0 Å². The van der Waals surface area contributed by atoms with E-state index < -0.39 is 0 Å². The van der Waals surface area contributed by atoms with E-state index in [1.165, 1.54) is 31.4 Å². The zero-order valence-corrected chi connectivity index (χ0v) is 17.5. The normalized spacial score (nSPS) is 24.1. The van der Waals surface area contributed by atoms with Crippen LogP contribution >= 0.6 is 11.6 Å². The quantitative estimate of drug-likeness (QED) is 0.684. The summed E-state index contributed by atoms with van der Waals surface area (Å²) >= 11 is 6.10. The van der Waals surface area contributed by atoms with Gasteiger partial charge < -0.3 is 9.64 Å². The number of hydrogen-bond donors (Lipinski definition) is 0. The minimum atomic E-state index is 0.0746. The second-order valence-electron chi connectivity index (χ2n) is 8.66. The molecule has 2 aliphatic rings. The molecule has 0 unspecified atom stereocenters. The zero-order chi connectivity index (χ0) is 19.5. The lowest BCUT2D eigenvalue weighted by atomic mass is 9.68. The number of pyridine rings is 2. The minimum absolute atomic E-state index is 0.0746. The Kier molecular flexibility index (Phi) is 6.00. The van der Waals surface area contributed by atoms with E-state index in [1.54, 1.807) is 6.20 Å². The van der Waals surface area contributed by atoms with Crippen LogP contribution in [0, 0.1) is 0 Å². The fourth-order valence-electron chi connectivity index (χ4n) is 5.13. The number of hydrogen-bond acceptors (Lipinski definition) is 4. The van der Waals surface area contributed by atoms with Gasteiger partial charge in [0, 0.05) is 42.9 Å². The Hall–Kier alpha value is -1.49. The average molecular weight is 400 g/mol. The van der Waals surface area contributed by atoms with Crippen LogP contribution in [-0.2, 0) is 16.7 Å². The summed E-state index contributed by atoms with van der Waals surface area (Å²) in [5.74, 6) is 0. The zero-order valence-electron chi connectivity index (χ0n) is 16.7. The van der Waals surface area contributed by atoms with Crippen LogP contribution in [0.1, 0.15) is 56.2 Å². The number of rotatable bonds is 6. The van der Waals surface area contributed by atoms with Crippen molar-refractivity contribution in [1.82, 2.24) is 14.9 Å². The van der Waals surface area contributed by atoms with E-state index in [4.69, 9.17) is 21.3 Å². The van der Waals surface area contributed by atoms with Gasteiger partial charge in [-0.3, -0.25) is 9.97 Å². The Morgan fingerprint density at radius 2 is 2.04 bits per heavy atom. The van der Waals surface area contributed by atoms with Crippen molar-refractivity contribution in [3.63, 3.8) is 0 Å². The van der Waals surface area contributed by atoms with E-state index >= 15 is 0 Å². The summed E-state index contributed by atoms with van der Waals surface area (Å²) in [6.45, 7) is 2.71. The Labute approximate surface area is 173 Å². The van der Waals surface area contributed by atoms with Gasteiger partial charge in [0.25, 0.3) is 0 Å². The molecular weight excluding hydrogens is 370 g/mol. The Morgan fingerprint density at radius 1 is 1.18 bits per heavy atom. The van der Waals surface area contributed by atoms with Crippen molar-refractivity contribution in [3.8, 4) is 0 Å². The summed E-state index contributed by atoms with van der Waals surface area (Å²) in [5, 5.41) is 0.698. The molecule has 150 valence electrons. The van der Waals surface area contributed by atoms with Crippen molar-refractivity contribution in [3.05, 3.63) is 59.1 Å². The van der Waals surface area contributed by atoms with Gasteiger partial charge in [0.05, 0.1) is 10.6 Å². The molecule has 0 aromatic carbocycles. The SMILES string of the molecule is CN(CC[C@@]1(c2ccccn2)CCOC2(CCCC2)C1)Cc1cncc(Cl)c1. The van der Waals surface area contributed by atoms with Crippen LogP contribution in [0.2, 0.25) is 5.02 Å². The minimum Gasteiger partial charge on any atom is -0.375 e. The molecule has 1 saturated heterocycles. The topological polar surface area (TPSA) is 38.2 Å². The van der Waals surface area contributed by atoms with Crippen molar-refractivity contribution in [2.45, 2.75) is 62.5 Å². The molecule has 5 heteroatoms. The molecule has 2 fully saturated rings. The van der Waals surface area contributed by atoms with Gasteiger partial charge >= 0.3 is 0 Å². The van der Waals surface area contributed by atoms with E-state index in [0.29, 0.717) is 5.02 Å². The van der Waals surface area contributed by atoms with Gasteiger partial charge in [0.2, 0.25) is 0 Å². The lowest BCUT2D eigenvalue weighted by Gasteiger charge is -2.47. The number of aromatic nitrogens is 2. The summed E-state index contributed by atoms with van der Waals surface area (Å²) in [7, 11) is 2.18. The molecule has 4 nitrogen and oxygen atoms in total. The van der Waals surface area contributed by atoms with Gasteiger partial charge in [0.1, 0.15) is 0 Å². The Morgan fingerprint density at radius 3 is 2.79 bits per heavy atom. The standard InChI is InChI=1S/C23H30ClN3O/c1-27(17-19-14-20(24)16-25-15-19)12-9-22(21-6-2-5-11-26-21)10-13-28-23(18-22)7-3-4-8-23/h2,5-6,11,14-16H,3-4,7-10,12-13,17-18H2,1H3/t22-/m1/s1. The molecule has 1 aliphatic heterocycles. The summed E-state index contributed by atoms with van der Waals surface area (Å²) in [6, 6.07) is 8.36. The smallest absolute Gasteiger partial charge is 0.0691 e. The summed E-state index contributed by atoms with van der Waals surface area (Å²) < 4.78 is 6.35. The molecule has 2 aromatic heterocycles. The molecule has 0 N–H and O–H groups in total. The van der Waals surface area contributed by atoms with Crippen LogP contribution in [0.15, 0.2) is 42.9 Å². The van der Waals surface area contributed by atoms with Crippen LogP contribution in [0.25, 0.3) is 0 Å². The van der Waals surface area contributed by atoms with Crippen LogP contribution in [0.3, 0.4) is 0 Å². The summed E-state index contributed by atoms with van der Waals surface area (Å²) in [6.07, 6.45) is 13.8. The highest BCUT2D eigenvalue weighted by molar-refractivity contribution is 6.30. The maximum atomic E-state index is 6.35. The lowest BCUT2D eigenvalue weighted by molar-refractivity contribution is -0.105. The average Bonchev–Trinajstić information content (AvgIpc) is 3.14. The molecule has 1 atom stereocenters. The first-order chi connectivity index (χ1) is 13.6. The molecule has 2 aromatic rings. The third-order valence-corrected chi connectivity index (χ3v) is 6.77. The van der Waals surface area contributed by atoms with Gasteiger partial charge in [0.15, 0.2) is 0 Å². The van der Waals surface area contributed by atoms with Gasteiger partial charge in [-0.2, -0.15) is 0 Å². The second kappa shape index (κ2) is 8.48. The van der Waals surface area contributed by atoms with Gasteiger partial charge in [-0.1, -0.05) is 30.5 Å². The molecule has 28 heavy (non-hydrogen) atoms. The third-order valence-electron chi connectivity index (χ3n) is 6.56. The molecule has 0 radical (unpaired) electrons. The fourth-order valence-corrected chi connectivity index (χ4v) is 5.33. The Balaban J connectivity index is 1.50. The van der Waals surface area contributed by atoms with Crippen LogP contribution in [-0.4, -0.2) is 40.7 Å². The molecule has 1 saturated carbocycles. The van der Waals surface area contributed by atoms with Crippen LogP contribution in [0.4, 0.5) is 0 Å². The number of nitrogens with zero attached hydrogens (tertiary/aromatic N) is 3. The maximum Gasteiger partial charge on any atom is 0.0691 e. The van der Waals surface area contributed by atoms with Crippen molar-refractivity contribution >= 4 is 11.6 Å². The summed E-state index contributed by atoms with van der Waals surface area (Å²) in [4.78, 5) is 11.4. The Bertz CT molecular complexity index is 778. The monoisotopic (exact) mass is 399 g/mol. The maximum absolute atomic E-state index is 6.35. The molecule has 1 spiro atoms. The lowest BCUT2D eigenvalue weighted by Crippen LogP contribution is -2.47. The molecule has 0 bridgehead atoms. The van der Waals surface area contributed by atoms with Crippen LogP contribution < -0.4 is 0 Å². The second-order valence-corrected chi connectivity index (χ2v) is 9.10. The predicted molar refractivity (Wildman–Crippen MR) is 112 cm³/mol. The first-order valence-corrected chi connectivity index (χ1v) is 10.8. The molecule has 4 rings (SSSR count). The van der Waals surface area contributed by atoms with Crippen molar-refractivity contribution < 1.29 is 4.74 Å². The highest BCUT2D eigenvalue weighted by atomic mass is 35.5. The van der Waals surface area contributed by atoms with Crippen molar-refractivity contribution in [2.24, 2.45) is 0 Å². The number of halogens is 1. The molecular formula is C23H30ClN3O. The van der Waals surface area contributed by atoms with Gasteiger partial charge in [-0.15, -0.1) is 0 Å². The fraction of sp³-hybridized carbons (Fsp3) is 0.565. The van der Waals surface area contributed by atoms with Crippen molar-refractivity contribution in [2.75, 3.05) is 20.2 Å². The molecule has 3 heterocycles. The predicted octanol–water partition coefficient (Wildman–Crippen LogP) is 5.01. The highest BCUT2D eigenvalue weighted by Gasteiger charge is 2.48. The number of ether oxygens (including phenoxy) is 1. The van der Waals surface area contributed by atoms with E-state index in [1.807, 2.05) is 24.5 Å². The molecule has 0 amide bonds. The first kappa shape index (κ1) is 19.8. The summed E-state index contributed by atoms with van der Waals surface area (Å²) in [5.41, 5.74) is 2.57. The van der Waals surface area contributed by atoms with Gasteiger partial charge in [-0.25, -0.2) is 0 Å². The largest absolute Gasteiger partial charge is 0.375 e. The highest BCUT2D eigenvalue weighted by Crippen LogP contribution is 2.49. The first-order valence-electron chi connectivity index (χ1n) is 10.4.